The Morgan fingerprint density at radius 2 is 2.20 bits per heavy atom. The zero-order chi connectivity index (χ0) is 10.3. The van der Waals surface area contributed by atoms with E-state index in [1.165, 1.54) is 6.39 Å². The Hall–Kier alpha value is -2.30. The average Bonchev–Trinajstić information content (AvgIpc) is 2.84. The molecule has 0 unspecified atom stereocenters. The zero-order valence-electron chi connectivity index (χ0n) is 7.68. The molecular formula is C10H7N3O2. The molecule has 0 aliphatic heterocycles. The first kappa shape index (κ1) is 8.05. The van der Waals surface area contributed by atoms with Crippen LogP contribution in [0.2, 0.25) is 0 Å². The molecule has 3 rings (SSSR count). The molecule has 3 aromatic rings. The van der Waals surface area contributed by atoms with Crippen LogP contribution in [0.1, 0.15) is 0 Å². The van der Waals surface area contributed by atoms with Crippen molar-refractivity contribution >= 4 is 16.9 Å². The summed E-state index contributed by atoms with van der Waals surface area (Å²) in [4.78, 5) is 4.05. The number of benzene rings is 1. The highest BCUT2D eigenvalue weighted by Gasteiger charge is 2.11. The van der Waals surface area contributed by atoms with Crippen molar-refractivity contribution in [2.24, 2.45) is 0 Å². The van der Waals surface area contributed by atoms with E-state index in [0.29, 0.717) is 17.2 Å². The van der Waals surface area contributed by atoms with Crippen molar-refractivity contribution in [1.82, 2.24) is 10.1 Å². The van der Waals surface area contributed by atoms with Gasteiger partial charge in [0, 0.05) is 6.07 Å². The first-order chi connectivity index (χ1) is 7.34. The van der Waals surface area contributed by atoms with Gasteiger partial charge < -0.3 is 14.7 Å². The molecule has 74 valence electrons. The van der Waals surface area contributed by atoms with Gasteiger partial charge in [-0.15, -0.1) is 0 Å². The minimum atomic E-state index is 0.349. The molecule has 5 nitrogen and oxygen atoms in total. The van der Waals surface area contributed by atoms with Crippen molar-refractivity contribution in [2.45, 2.75) is 0 Å². The van der Waals surface area contributed by atoms with Gasteiger partial charge in [0.2, 0.25) is 0 Å². The van der Waals surface area contributed by atoms with E-state index in [2.05, 4.69) is 10.1 Å². The van der Waals surface area contributed by atoms with E-state index in [4.69, 9.17) is 14.7 Å². The summed E-state index contributed by atoms with van der Waals surface area (Å²) in [5.74, 6) is 0.927. The Balaban J connectivity index is 2.30. The van der Waals surface area contributed by atoms with Gasteiger partial charge in [-0.05, 0) is 12.1 Å². The van der Waals surface area contributed by atoms with Gasteiger partial charge in [-0.3, -0.25) is 0 Å². The van der Waals surface area contributed by atoms with Crippen LogP contribution in [0.25, 0.3) is 22.4 Å². The lowest BCUT2D eigenvalue weighted by Gasteiger charge is -1.94. The molecule has 0 amide bonds. The second-order valence-corrected chi connectivity index (χ2v) is 3.12. The standard InChI is InChI=1S/C10H7N3O2/c11-9-4-8(15-13-9)6-2-1-3-7-10(6)14-5-12-7/h1-5H,(H2,11,13). The minimum absolute atomic E-state index is 0.349. The number of anilines is 1. The predicted octanol–water partition coefficient (Wildman–Crippen LogP) is 2.06. The number of hydrogen-bond donors (Lipinski definition) is 1. The van der Waals surface area contributed by atoms with Crippen molar-refractivity contribution in [3.05, 3.63) is 30.7 Å². The topological polar surface area (TPSA) is 78.1 Å². The monoisotopic (exact) mass is 201 g/mol. The summed E-state index contributed by atoms with van der Waals surface area (Å²) in [5.41, 5.74) is 7.74. The Morgan fingerprint density at radius 1 is 1.27 bits per heavy atom. The lowest BCUT2D eigenvalue weighted by atomic mass is 10.1. The minimum Gasteiger partial charge on any atom is -0.443 e. The molecule has 2 heterocycles. The van der Waals surface area contributed by atoms with Crippen molar-refractivity contribution in [3.63, 3.8) is 0 Å². The molecular weight excluding hydrogens is 194 g/mol. The highest BCUT2D eigenvalue weighted by Crippen LogP contribution is 2.28. The van der Waals surface area contributed by atoms with Crippen LogP contribution in [0.15, 0.2) is 39.6 Å². The Kier molecular flexibility index (Phi) is 1.53. The third kappa shape index (κ3) is 1.17. The molecule has 2 aromatic heterocycles. The van der Waals surface area contributed by atoms with Crippen LogP contribution in [-0.2, 0) is 0 Å². The zero-order valence-corrected chi connectivity index (χ0v) is 7.68. The third-order valence-corrected chi connectivity index (χ3v) is 2.15. The van der Waals surface area contributed by atoms with Gasteiger partial charge in [0.05, 0.1) is 5.56 Å². The summed E-state index contributed by atoms with van der Waals surface area (Å²) < 4.78 is 10.3. The smallest absolute Gasteiger partial charge is 0.182 e. The summed E-state index contributed by atoms with van der Waals surface area (Å²) in [5, 5.41) is 3.62. The number of para-hydroxylation sites is 1. The first-order valence-electron chi connectivity index (χ1n) is 4.39. The van der Waals surface area contributed by atoms with E-state index in [9.17, 15) is 0 Å². The highest BCUT2D eigenvalue weighted by atomic mass is 16.5. The molecule has 5 heteroatoms. The van der Waals surface area contributed by atoms with Crippen molar-refractivity contribution in [2.75, 3.05) is 5.73 Å². The van der Waals surface area contributed by atoms with Gasteiger partial charge in [0.15, 0.2) is 23.6 Å². The largest absolute Gasteiger partial charge is 0.443 e. The van der Waals surface area contributed by atoms with Gasteiger partial charge in [-0.1, -0.05) is 11.2 Å². The number of rotatable bonds is 1. The van der Waals surface area contributed by atoms with Crippen LogP contribution in [0, 0.1) is 0 Å². The summed E-state index contributed by atoms with van der Waals surface area (Å²) in [6.07, 6.45) is 1.40. The Bertz CT molecular complexity index is 612. The number of hydrogen-bond acceptors (Lipinski definition) is 5. The van der Waals surface area contributed by atoms with Gasteiger partial charge >= 0.3 is 0 Å². The molecule has 0 bridgehead atoms. The van der Waals surface area contributed by atoms with Crippen LogP contribution in [0.4, 0.5) is 5.82 Å². The van der Waals surface area contributed by atoms with Crippen molar-refractivity contribution in [1.29, 1.82) is 0 Å². The second kappa shape index (κ2) is 2.84. The molecule has 0 spiro atoms. The molecule has 0 radical (unpaired) electrons. The van der Waals surface area contributed by atoms with Crippen molar-refractivity contribution in [3.8, 4) is 11.3 Å². The fourth-order valence-corrected chi connectivity index (χ4v) is 1.50. The molecule has 0 saturated heterocycles. The SMILES string of the molecule is Nc1cc(-c2cccc3ncoc23)on1. The van der Waals surface area contributed by atoms with Crippen LogP contribution < -0.4 is 5.73 Å². The summed E-state index contributed by atoms with van der Waals surface area (Å²) in [7, 11) is 0. The second-order valence-electron chi connectivity index (χ2n) is 3.12. The molecule has 0 atom stereocenters. The Labute approximate surface area is 84.5 Å². The predicted molar refractivity (Wildman–Crippen MR) is 53.9 cm³/mol. The molecule has 0 saturated carbocycles. The van der Waals surface area contributed by atoms with E-state index < -0.39 is 0 Å². The Morgan fingerprint density at radius 3 is 3.00 bits per heavy atom. The number of nitrogen functional groups attached to an aromatic ring is 1. The van der Waals surface area contributed by atoms with Crippen LogP contribution >= 0.6 is 0 Å². The lowest BCUT2D eigenvalue weighted by Crippen LogP contribution is -1.80. The van der Waals surface area contributed by atoms with Gasteiger partial charge in [0.25, 0.3) is 0 Å². The molecule has 1 aromatic carbocycles. The fraction of sp³-hybridized carbons (Fsp3) is 0. The quantitative estimate of drug-likeness (QED) is 0.651. The first-order valence-corrected chi connectivity index (χ1v) is 4.39. The molecule has 2 N–H and O–H groups in total. The maximum Gasteiger partial charge on any atom is 0.182 e. The van der Waals surface area contributed by atoms with Crippen LogP contribution in [-0.4, -0.2) is 10.1 Å². The summed E-state index contributed by atoms with van der Waals surface area (Å²) in [6.45, 7) is 0. The summed E-state index contributed by atoms with van der Waals surface area (Å²) in [6, 6.07) is 7.26. The van der Waals surface area contributed by atoms with E-state index in [0.717, 1.165) is 11.1 Å². The highest BCUT2D eigenvalue weighted by molar-refractivity contribution is 5.88. The maximum absolute atomic E-state index is 5.48. The number of oxazole rings is 1. The van der Waals surface area contributed by atoms with Gasteiger partial charge in [-0.2, -0.15) is 0 Å². The maximum atomic E-state index is 5.48. The van der Waals surface area contributed by atoms with Crippen LogP contribution in [0.3, 0.4) is 0 Å². The normalized spacial score (nSPS) is 10.9. The molecule has 0 aliphatic rings. The van der Waals surface area contributed by atoms with Crippen LogP contribution in [0.5, 0.6) is 0 Å². The lowest BCUT2D eigenvalue weighted by molar-refractivity contribution is 0.435. The van der Waals surface area contributed by atoms with Crippen molar-refractivity contribution < 1.29 is 8.94 Å². The van der Waals surface area contributed by atoms with E-state index in [1.54, 1.807) is 6.07 Å². The number of fused-ring (bicyclic) bond motifs is 1. The fourth-order valence-electron chi connectivity index (χ4n) is 1.50. The third-order valence-electron chi connectivity index (χ3n) is 2.15. The number of nitrogens with two attached hydrogens (primary N) is 1. The molecule has 15 heavy (non-hydrogen) atoms. The van der Waals surface area contributed by atoms with E-state index in [-0.39, 0.29) is 0 Å². The van der Waals surface area contributed by atoms with E-state index in [1.807, 2.05) is 18.2 Å². The number of nitrogens with zero attached hydrogens (tertiary/aromatic N) is 2. The number of aromatic nitrogens is 2. The van der Waals surface area contributed by atoms with Gasteiger partial charge in [-0.25, -0.2) is 4.98 Å². The van der Waals surface area contributed by atoms with Gasteiger partial charge in [0.1, 0.15) is 5.52 Å². The molecule has 0 fully saturated rings. The molecule has 0 aliphatic carbocycles. The average molecular weight is 201 g/mol. The van der Waals surface area contributed by atoms with E-state index >= 15 is 0 Å². The summed E-state index contributed by atoms with van der Waals surface area (Å²) >= 11 is 0.